The van der Waals surface area contributed by atoms with Crippen LogP contribution in [0.15, 0.2) is 15.8 Å². The highest BCUT2D eigenvalue weighted by atomic mass is 35.5. The number of aliphatic hydroxyl groups is 3. The summed E-state index contributed by atoms with van der Waals surface area (Å²) < 4.78 is 6.86. The van der Waals surface area contributed by atoms with Crippen LogP contribution < -0.4 is 11.2 Å². The molecular formula is C10H13ClN2O6. The molecule has 106 valence electrons. The Hall–Kier alpha value is -1.19. The molecule has 0 bridgehead atoms. The van der Waals surface area contributed by atoms with Gasteiger partial charge in [-0.2, -0.15) is 0 Å². The first kappa shape index (κ1) is 14.2. The first-order chi connectivity index (χ1) is 8.88. The number of hydrogen-bond donors (Lipinski definition) is 3. The summed E-state index contributed by atoms with van der Waals surface area (Å²) in [7, 11) is 1.23. The Morgan fingerprint density at radius 3 is 2.53 bits per heavy atom. The van der Waals surface area contributed by atoms with Crippen molar-refractivity contribution < 1.29 is 20.1 Å². The first-order valence-electron chi connectivity index (χ1n) is 5.48. The second-order valence-corrected chi connectivity index (χ2v) is 4.67. The van der Waals surface area contributed by atoms with E-state index in [0.29, 0.717) is 0 Å². The molecule has 3 N–H and O–H groups in total. The number of ether oxygens (including phenoxy) is 1. The highest BCUT2D eigenvalue weighted by molar-refractivity contribution is 6.30. The average Bonchev–Trinajstić information content (AvgIpc) is 2.68. The number of rotatable bonds is 2. The van der Waals surface area contributed by atoms with Crippen LogP contribution in [0, 0.1) is 0 Å². The van der Waals surface area contributed by atoms with Crippen LogP contribution in [0.25, 0.3) is 0 Å². The van der Waals surface area contributed by atoms with E-state index >= 15 is 0 Å². The van der Waals surface area contributed by atoms with Crippen molar-refractivity contribution in [3.63, 3.8) is 0 Å². The fourth-order valence-corrected chi connectivity index (χ4v) is 2.18. The molecule has 0 spiro atoms. The predicted octanol–water partition coefficient (Wildman–Crippen LogP) is -2.19. The molecule has 19 heavy (non-hydrogen) atoms. The zero-order valence-corrected chi connectivity index (χ0v) is 10.7. The number of hydrogen-bond acceptors (Lipinski definition) is 6. The lowest BCUT2D eigenvalue weighted by Crippen LogP contribution is -2.42. The quantitative estimate of drug-likeness (QED) is 0.571. The SMILES string of the molecule is Cn1c(=O)c(Cl)cn([C@@H]2O[C@H](CO)[C@@H](O)[C@H]2O)c1=O. The van der Waals surface area contributed by atoms with Gasteiger partial charge in [-0.1, -0.05) is 11.6 Å². The van der Waals surface area contributed by atoms with E-state index < -0.39 is 42.4 Å². The van der Waals surface area contributed by atoms with Crippen molar-refractivity contribution >= 4 is 11.6 Å². The fraction of sp³-hybridized carbons (Fsp3) is 0.600. The number of nitrogens with zero attached hydrogens (tertiary/aromatic N) is 2. The van der Waals surface area contributed by atoms with Gasteiger partial charge >= 0.3 is 5.69 Å². The third-order valence-electron chi connectivity index (χ3n) is 3.06. The van der Waals surface area contributed by atoms with E-state index in [1.54, 1.807) is 0 Å². The van der Waals surface area contributed by atoms with Crippen LogP contribution >= 0.6 is 11.6 Å². The van der Waals surface area contributed by atoms with Gasteiger partial charge in [-0.25, -0.2) is 4.79 Å². The molecule has 8 nitrogen and oxygen atoms in total. The van der Waals surface area contributed by atoms with Gasteiger partial charge < -0.3 is 20.1 Å². The van der Waals surface area contributed by atoms with Crippen molar-refractivity contribution in [2.45, 2.75) is 24.5 Å². The third-order valence-corrected chi connectivity index (χ3v) is 3.32. The Labute approximate surface area is 112 Å². The van der Waals surface area contributed by atoms with Gasteiger partial charge in [-0.15, -0.1) is 0 Å². The summed E-state index contributed by atoms with van der Waals surface area (Å²) in [5, 5.41) is 28.2. The largest absolute Gasteiger partial charge is 0.394 e. The lowest BCUT2D eigenvalue weighted by molar-refractivity contribution is -0.0554. The van der Waals surface area contributed by atoms with Gasteiger partial charge in [0.15, 0.2) is 6.23 Å². The van der Waals surface area contributed by atoms with Gasteiger partial charge in [-0.05, 0) is 0 Å². The van der Waals surface area contributed by atoms with Gasteiger partial charge in [0.25, 0.3) is 5.56 Å². The van der Waals surface area contributed by atoms with E-state index in [1.807, 2.05) is 0 Å². The van der Waals surface area contributed by atoms with Crippen LogP contribution in [0.3, 0.4) is 0 Å². The standard InChI is InChI=1S/C10H13ClN2O6/c1-12-8(17)4(11)2-13(10(12)18)9-7(16)6(15)5(3-14)19-9/h2,5-7,9,14-16H,3H2,1H3/t5-,6-,7-,9-/m1/s1. The summed E-state index contributed by atoms with van der Waals surface area (Å²) in [6.45, 7) is -0.511. The van der Waals surface area contributed by atoms with E-state index in [2.05, 4.69) is 0 Å². The Balaban J connectivity index is 2.50. The lowest BCUT2D eigenvalue weighted by Gasteiger charge is -2.18. The molecule has 0 saturated carbocycles. The monoisotopic (exact) mass is 292 g/mol. The molecule has 0 radical (unpaired) electrons. The zero-order chi connectivity index (χ0) is 14.3. The number of aliphatic hydroxyl groups excluding tert-OH is 3. The number of aromatic nitrogens is 2. The average molecular weight is 293 g/mol. The molecule has 1 aliphatic rings. The van der Waals surface area contributed by atoms with Crippen LogP contribution in [0.5, 0.6) is 0 Å². The van der Waals surface area contributed by atoms with Crippen LogP contribution in [-0.2, 0) is 11.8 Å². The Morgan fingerprint density at radius 2 is 2.00 bits per heavy atom. The summed E-state index contributed by atoms with van der Waals surface area (Å²) in [5.74, 6) is 0. The molecule has 1 aromatic rings. The minimum Gasteiger partial charge on any atom is -0.394 e. The Kier molecular flexibility index (Phi) is 3.79. The maximum Gasteiger partial charge on any atom is 0.333 e. The summed E-state index contributed by atoms with van der Waals surface area (Å²) in [6, 6.07) is 0. The van der Waals surface area contributed by atoms with Crippen molar-refractivity contribution in [1.29, 1.82) is 0 Å². The van der Waals surface area contributed by atoms with Crippen molar-refractivity contribution in [1.82, 2.24) is 9.13 Å². The zero-order valence-electron chi connectivity index (χ0n) is 9.93. The smallest absolute Gasteiger partial charge is 0.333 e. The van der Waals surface area contributed by atoms with Crippen LogP contribution in [0.4, 0.5) is 0 Å². The molecule has 4 atom stereocenters. The second-order valence-electron chi connectivity index (χ2n) is 4.26. The van der Waals surface area contributed by atoms with Gasteiger partial charge in [0.05, 0.1) is 6.61 Å². The van der Waals surface area contributed by atoms with E-state index in [9.17, 15) is 19.8 Å². The predicted molar refractivity (Wildman–Crippen MR) is 64.0 cm³/mol. The molecule has 9 heteroatoms. The summed E-state index contributed by atoms with van der Waals surface area (Å²) in [6.07, 6.45) is -3.94. The molecule has 1 saturated heterocycles. The Morgan fingerprint density at radius 1 is 1.37 bits per heavy atom. The van der Waals surface area contributed by atoms with Crippen molar-refractivity contribution in [2.24, 2.45) is 7.05 Å². The van der Waals surface area contributed by atoms with Gasteiger partial charge in [0.2, 0.25) is 0 Å². The van der Waals surface area contributed by atoms with E-state index in [0.717, 1.165) is 15.3 Å². The topological polar surface area (TPSA) is 114 Å². The molecule has 1 aromatic heterocycles. The summed E-state index contributed by atoms with van der Waals surface area (Å²) >= 11 is 5.68. The summed E-state index contributed by atoms with van der Waals surface area (Å²) in [4.78, 5) is 23.4. The van der Waals surface area contributed by atoms with Crippen molar-refractivity contribution in [2.75, 3.05) is 6.61 Å². The lowest BCUT2D eigenvalue weighted by atomic mass is 10.1. The molecule has 1 aliphatic heterocycles. The maximum absolute atomic E-state index is 11.9. The van der Waals surface area contributed by atoms with Gasteiger partial charge in [0.1, 0.15) is 23.3 Å². The highest BCUT2D eigenvalue weighted by Crippen LogP contribution is 2.28. The number of halogens is 1. The van der Waals surface area contributed by atoms with Gasteiger partial charge in [-0.3, -0.25) is 13.9 Å². The molecule has 0 aliphatic carbocycles. The summed E-state index contributed by atoms with van der Waals surface area (Å²) in [5.41, 5.74) is -1.42. The van der Waals surface area contributed by atoms with E-state index in [1.165, 1.54) is 7.05 Å². The third kappa shape index (κ3) is 2.21. The van der Waals surface area contributed by atoms with E-state index in [-0.39, 0.29) is 5.02 Å². The van der Waals surface area contributed by atoms with Crippen LogP contribution in [0.2, 0.25) is 5.02 Å². The molecule has 2 heterocycles. The van der Waals surface area contributed by atoms with E-state index in [4.69, 9.17) is 21.4 Å². The second kappa shape index (κ2) is 5.06. The molecule has 0 unspecified atom stereocenters. The van der Waals surface area contributed by atoms with Crippen molar-refractivity contribution in [3.8, 4) is 0 Å². The Bertz CT molecular complexity index is 597. The fourth-order valence-electron chi connectivity index (χ4n) is 1.94. The molecule has 1 fully saturated rings. The van der Waals surface area contributed by atoms with Gasteiger partial charge in [0, 0.05) is 13.2 Å². The molecule has 0 aromatic carbocycles. The first-order valence-corrected chi connectivity index (χ1v) is 5.86. The van der Waals surface area contributed by atoms with Crippen LogP contribution in [0.1, 0.15) is 6.23 Å². The molecular weight excluding hydrogens is 280 g/mol. The minimum atomic E-state index is -1.41. The van der Waals surface area contributed by atoms with Crippen molar-refractivity contribution in [3.05, 3.63) is 32.1 Å². The molecule has 2 rings (SSSR count). The minimum absolute atomic E-state index is 0.222. The normalized spacial score (nSPS) is 30.8. The van der Waals surface area contributed by atoms with Crippen LogP contribution in [-0.4, -0.2) is 49.4 Å². The molecule has 0 amide bonds. The highest BCUT2D eigenvalue weighted by Gasteiger charge is 2.43. The maximum atomic E-state index is 11.9.